The molecule has 0 radical (unpaired) electrons. The zero-order valence-corrected chi connectivity index (χ0v) is 23.0. The second-order valence-corrected chi connectivity index (χ2v) is 10.1. The predicted molar refractivity (Wildman–Crippen MR) is 147 cm³/mol. The lowest BCUT2D eigenvalue weighted by Crippen LogP contribution is -2.30. The number of ether oxygens (including phenoxy) is 1. The molecule has 2 heterocycles. The second-order valence-electron chi connectivity index (χ2n) is 9.18. The zero-order valence-electron chi connectivity index (χ0n) is 21.4. The van der Waals surface area contributed by atoms with Crippen molar-refractivity contribution in [2.75, 3.05) is 19.0 Å². The number of likely N-dealkylation sites (tertiary alicyclic amines) is 1. The number of benzene rings is 3. The van der Waals surface area contributed by atoms with Crippen molar-refractivity contribution in [2.45, 2.75) is 25.4 Å². The minimum Gasteiger partial charge on any atom is -0.496 e. The van der Waals surface area contributed by atoms with Gasteiger partial charge in [-0.1, -0.05) is 27.2 Å². The van der Waals surface area contributed by atoms with E-state index in [9.17, 15) is 18.4 Å². The molecule has 2 N–H and O–H groups in total. The molecule has 1 aliphatic heterocycles. The van der Waals surface area contributed by atoms with Gasteiger partial charge in [-0.25, -0.2) is 18.3 Å². The molecular formula is C28H25BrF2N6O3. The number of hydrogen-bond acceptors (Lipinski definition) is 5. The lowest BCUT2D eigenvalue weighted by molar-refractivity contribution is 0.0734. The highest BCUT2D eigenvalue weighted by Gasteiger charge is 2.32. The van der Waals surface area contributed by atoms with Crippen LogP contribution in [-0.2, 0) is 6.54 Å². The Morgan fingerprint density at radius 1 is 1.07 bits per heavy atom. The van der Waals surface area contributed by atoms with Crippen LogP contribution in [0.25, 0.3) is 5.69 Å². The maximum Gasteiger partial charge on any atom is 0.319 e. The van der Waals surface area contributed by atoms with Crippen LogP contribution in [0.2, 0.25) is 0 Å². The standard InChI is InChI=1S/C28H25BrF2N6O3/c1-40-26-13-18(29)6-10-22(26)25-3-2-12-36(25)27(38)17-4-8-21(9-5-17)37-16-20(34-35-37)15-32-28(39)33-19-7-11-23(30)24(31)14-19/h4-11,13-14,16,25H,2-3,12,15H2,1H3,(H2,32,33,39). The van der Waals surface area contributed by atoms with E-state index in [4.69, 9.17) is 4.74 Å². The van der Waals surface area contributed by atoms with Gasteiger partial charge < -0.3 is 20.3 Å². The number of amides is 3. The number of nitrogens with zero attached hydrogens (tertiary/aromatic N) is 4. The van der Waals surface area contributed by atoms with Crippen LogP contribution in [0.4, 0.5) is 19.3 Å². The fraction of sp³-hybridized carbons (Fsp3) is 0.214. The Hall–Kier alpha value is -4.32. The van der Waals surface area contributed by atoms with E-state index in [0.717, 1.165) is 40.8 Å². The fourth-order valence-electron chi connectivity index (χ4n) is 4.64. The molecule has 206 valence electrons. The lowest BCUT2D eigenvalue weighted by Gasteiger charge is -2.26. The van der Waals surface area contributed by atoms with Gasteiger partial charge in [0.05, 0.1) is 31.6 Å². The maximum atomic E-state index is 13.4. The smallest absolute Gasteiger partial charge is 0.319 e. The van der Waals surface area contributed by atoms with Gasteiger partial charge in [0.1, 0.15) is 11.4 Å². The molecule has 12 heteroatoms. The third-order valence-corrected chi connectivity index (χ3v) is 7.09. The molecule has 0 bridgehead atoms. The molecule has 1 atom stereocenters. The Bertz CT molecular complexity index is 1550. The van der Waals surface area contributed by atoms with E-state index >= 15 is 0 Å². The quantitative estimate of drug-likeness (QED) is 0.283. The van der Waals surface area contributed by atoms with Crippen LogP contribution in [0.5, 0.6) is 5.75 Å². The van der Waals surface area contributed by atoms with Gasteiger partial charge in [0.15, 0.2) is 11.6 Å². The van der Waals surface area contributed by atoms with E-state index in [1.54, 1.807) is 37.6 Å². The fourth-order valence-corrected chi connectivity index (χ4v) is 4.98. The minimum atomic E-state index is -1.06. The molecule has 9 nitrogen and oxygen atoms in total. The van der Waals surface area contributed by atoms with Crippen LogP contribution >= 0.6 is 15.9 Å². The first-order valence-corrected chi connectivity index (χ1v) is 13.3. The highest BCUT2D eigenvalue weighted by molar-refractivity contribution is 9.10. The maximum absolute atomic E-state index is 13.4. The summed E-state index contributed by atoms with van der Waals surface area (Å²) >= 11 is 3.47. The average Bonchev–Trinajstić information content (AvgIpc) is 3.64. The van der Waals surface area contributed by atoms with Crippen LogP contribution in [0.3, 0.4) is 0 Å². The summed E-state index contributed by atoms with van der Waals surface area (Å²) in [5.41, 5.74) is 2.82. The molecule has 3 amide bonds. The van der Waals surface area contributed by atoms with Gasteiger partial charge >= 0.3 is 6.03 Å². The van der Waals surface area contributed by atoms with E-state index in [0.29, 0.717) is 23.5 Å². The molecule has 4 aromatic rings. The molecule has 0 spiro atoms. The van der Waals surface area contributed by atoms with Crippen LogP contribution < -0.4 is 15.4 Å². The van der Waals surface area contributed by atoms with Crippen molar-refractivity contribution in [3.63, 3.8) is 0 Å². The number of nitrogens with one attached hydrogen (secondary N) is 2. The SMILES string of the molecule is COc1cc(Br)ccc1C1CCCN1C(=O)c1ccc(-n2cc(CNC(=O)Nc3ccc(F)c(F)c3)nn2)cc1. The lowest BCUT2D eigenvalue weighted by atomic mass is 10.0. The summed E-state index contributed by atoms with van der Waals surface area (Å²) in [7, 11) is 1.63. The van der Waals surface area contributed by atoms with Crippen LogP contribution in [0.1, 0.15) is 40.5 Å². The van der Waals surface area contributed by atoms with Crippen molar-refractivity contribution in [1.29, 1.82) is 0 Å². The molecule has 3 aromatic carbocycles. The Labute approximate surface area is 237 Å². The highest BCUT2D eigenvalue weighted by Crippen LogP contribution is 2.39. The monoisotopic (exact) mass is 610 g/mol. The van der Waals surface area contributed by atoms with Gasteiger partial charge in [0.25, 0.3) is 5.91 Å². The van der Waals surface area contributed by atoms with Crippen molar-refractivity contribution in [1.82, 2.24) is 25.2 Å². The number of hydrogen-bond donors (Lipinski definition) is 2. The van der Waals surface area contributed by atoms with Gasteiger partial charge in [-0.3, -0.25) is 4.79 Å². The number of carbonyl (C=O) groups excluding carboxylic acids is 2. The van der Waals surface area contributed by atoms with E-state index in [-0.39, 0.29) is 24.2 Å². The van der Waals surface area contributed by atoms with Crippen molar-refractivity contribution in [3.8, 4) is 11.4 Å². The van der Waals surface area contributed by atoms with Gasteiger partial charge in [-0.15, -0.1) is 5.10 Å². The Kier molecular flexibility index (Phi) is 8.06. The van der Waals surface area contributed by atoms with Crippen LogP contribution in [-0.4, -0.2) is 45.5 Å². The van der Waals surface area contributed by atoms with Gasteiger partial charge in [-0.05, 0) is 61.4 Å². The van der Waals surface area contributed by atoms with Crippen LogP contribution in [0.15, 0.2) is 71.3 Å². The summed E-state index contributed by atoms with van der Waals surface area (Å²) < 4.78 is 34.4. The van der Waals surface area contributed by atoms with E-state index in [2.05, 4.69) is 36.9 Å². The summed E-state index contributed by atoms with van der Waals surface area (Å²) in [6, 6.07) is 15.3. The minimum absolute atomic E-state index is 0.0575. The number of carbonyl (C=O) groups is 2. The average molecular weight is 611 g/mol. The number of methoxy groups -OCH3 is 1. The molecule has 5 rings (SSSR count). The molecule has 1 aromatic heterocycles. The summed E-state index contributed by atoms with van der Waals surface area (Å²) in [6.07, 6.45) is 3.41. The Morgan fingerprint density at radius 3 is 2.62 bits per heavy atom. The normalized spacial score (nSPS) is 14.7. The van der Waals surface area contributed by atoms with Crippen molar-refractivity contribution in [3.05, 3.63) is 99.8 Å². The van der Waals surface area contributed by atoms with Gasteiger partial charge in [0, 0.05) is 33.9 Å². The van der Waals surface area contributed by atoms with E-state index in [1.807, 2.05) is 23.1 Å². The second kappa shape index (κ2) is 11.8. The summed E-state index contributed by atoms with van der Waals surface area (Å²) in [6.45, 7) is 0.718. The molecule has 1 fully saturated rings. The Morgan fingerprint density at radius 2 is 1.88 bits per heavy atom. The number of anilines is 1. The predicted octanol–water partition coefficient (Wildman–Crippen LogP) is 5.62. The first kappa shape index (κ1) is 27.3. The molecule has 0 saturated carbocycles. The molecular weight excluding hydrogens is 586 g/mol. The van der Waals surface area contributed by atoms with Gasteiger partial charge in [-0.2, -0.15) is 0 Å². The molecule has 0 aliphatic carbocycles. The largest absolute Gasteiger partial charge is 0.496 e. The first-order valence-electron chi connectivity index (χ1n) is 12.5. The molecule has 1 unspecified atom stereocenters. The molecule has 1 aliphatic rings. The van der Waals surface area contributed by atoms with Gasteiger partial charge in [0.2, 0.25) is 0 Å². The van der Waals surface area contributed by atoms with Crippen LogP contribution in [0, 0.1) is 11.6 Å². The number of rotatable bonds is 7. The van der Waals surface area contributed by atoms with E-state index < -0.39 is 17.7 Å². The van der Waals surface area contributed by atoms with E-state index in [1.165, 1.54) is 10.7 Å². The Balaban J connectivity index is 1.21. The summed E-state index contributed by atoms with van der Waals surface area (Å²) in [4.78, 5) is 27.4. The van der Waals surface area contributed by atoms with Crippen molar-refractivity contribution < 1.29 is 23.1 Å². The summed E-state index contributed by atoms with van der Waals surface area (Å²) in [5.74, 6) is -1.37. The summed E-state index contributed by atoms with van der Waals surface area (Å²) in [5, 5.41) is 13.2. The molecule has 1 saturated heterocycles. The number of halogens is 3. The third kappa shape index (κ3) is 5.96. The number of urea groups is 1. The highest BCUT2D eigenvalue weighted by atomic mass is 79.9. The topological polar surface area (TPSA) is 101 Å². The van der Waals surface area contributed by atoms with Crippen molar-refractivity contribution >= 4 is 33.6 Å². The number of aromatic nitrogens is 3. The first-order chi connectivity index (χ1) is 19.3. The third-order valence-electron chi connectivity index (χ3n) is 6.60. The van der Waals surface area contributed by atoms with Crippen molar-refractivity contribution in [2.24, 2.45) is 0 Å². The zero-order chi connectivity index (χ0) is 28.2. The molecule has 40 heavy (non-hydrogen) atoms.